The molecule has 1 aromatic heterocycles. The first-order valence-corrected chi connectivity index (χ1v) is 8.70. The van der Waals surface area contributed by atoms with Crippen LogP contribution in [0.2, 0.25) is 0 Å². The van der Waals surface area contributed by atoms with Crippen LogP contribution in [0.15, 0.2) is 41.4 Å². The number of rotatable bonds is 6. The third kappa shape index (κ3) is 4.16. The maximum absolute atomic E-state index is 4.49. The van der Waals surface area contributed by atoms with Crippen molar-refractivity contribution >= 4 is 5.96 Å². The van der Waals surface area contributed by atoms with Gasteiger partial charge in [-0.1, -0.05) is 30.3 Å². The summed E-state index contributed by atoms with van der Waals surface area (Å²) < 4.78 is 2.07. The van der Waals surface area contributed by atoms with Crippen LogP contribution in [-0.2, 0) is 6.54 Å². The van der Waals surface area contributed by atoms with Crippen LogP contribution in [0.1, 0.15) is 35.7 Å². The molecule has 128 valence electrons. The topological polar surface area (TPSA) is 54.2 Å². The fraction of sp³-hybridized carbons (Fsp3) is 0.474. The van der Waals surface area contributed by atoms with Crippen molar-refractivity contribution in [3.05, 3.63) is 53.3 Å². The van der Waals surface area contributed by atoms with Gasteiger partial charge in [-0.25, -0.2) is 0 Å². The third-order valence-electron chi connectivity index (χ3n) is 4.51. The average Bonchev–Trinajstić information content (AvgIpc) is 3.28. The lowest BCUT2D eigenvalue weighted by Gasteiger charge is -2.12. The first kappa shape index (κ1) is 16.6. The molecule has 0 aliphatic heterocycles. The summed E-state index contributed by atoms with van der Waals surface area (Å²) in [5.74, 6) is 1.51. The summed E-state index contributed by atoms with van der Waals surface area (Å²) in [6, 6.07) is 13.3. The highest BCUT2D eigenvalue weighted by Crippen LogP contribution is 2.40. The van der Waals surface area contributed by atoms with E-state index in [1.807, 2.05) is 14.0 Å². The van der Waals surface area contributed by atoms with E-state index < -0.39 is 0 Å². The van der Waals surface area contributed by atoms with Crippen LogP contribution in [0.4, 0.5) is 0 Å². The number of hydrogen-bond donors (Lipinski definition) is 2. The summed E-state index contributed by atoms with van der Waals surface area (Å²) in [5, 5.41) is 11.4. The second-order valence-electron chi connectivity index (χ2n) is 6.51. The lowest BCUT2D eigenvalue weighted by atomic mass is 10.1. The van der Waals surface area contributed by atoms with E-state index >= 15 is 0 Å². The minimum Gasteiger partial charge on any atom is -0.356 e. The van der Waals surface area contributed by atoms with Gasteiger partial charge < -0.3 is 10.6 Å². The van der Waals surface area contributed by atoms with Crippen LogP contribution in [0.5, 0.6) is 0 Å². The molecular formula is C19H27N5. The van der Waals surface area contributed by atoms with Gasteiger partial charge in [0.25, 0.3) is 0 Å². The van der Waals surface area contributed by atoms with Crippen molar-refractivity contribution < 1.29 is 0 Å². The SMILES string of the molecule is CN=C(NCCCn1nc(C)cc1C)NC1CC1c1ccccc1. The highest BCUT2D eigenvalue weighted by atomic mass is 15.3. The number of nitrogens with one attached hydrogen (secondary N) is 2. The maximum atomic E-state index is 4.49. The lowest BCUT2D eigenvalue weighted by Crippen LogP contribution is -2.39. The van der Waals surface area contributed by atoms with Crippen molar-refractivity contribution in [3.63, 3.8) is 0 Å². The van der Waals surface area contributed by atoms with Crippen molar-refractivity contribution in [1.82, 2.24) is 20.4 Å². The Labute approximate surface area is 144 Å². The van der Waals surface area contributed by atoms with Crippen LogP contribution in [0.3, 0.4) is 0 Å². The zero-order chi connectivity index (χ0) is 16.9. The van der Waals surface area contributed by atoms with Crippen LogP contribution in [0, 0.1) is 13.8 Å². The Hall–Kier alpha value is -2.30. The number of nitrogens with zero attached hydrogens (tertiary/aromatic N) is 3. The number of hydrogen-bond acceptors (Lipinski definition) is 2. The van der Waals surface area contributed by atoms with Crippen LogP contribution >= 0.6 is 0 Å². The Morgan fingerprint density at radius 3 is 2.75 bits per heavy atom. The van der Waals surface area contributed by atoms with E-state index in [0.29, 0.717) is 12.0 Å². The molecule has 1 heterocycles. The molecule has 24 heavy (non-hydrogen) atoms. The number of aliphatic imine (C=N–C) groups is 1. The van der Waals surface area contributed by atoms with Crippen molar-refractivity contribution in [2.24, 2.45) is 4.99 Å². The van der Waals surface area contributed by atoms with E-state index in [1.165, 1.54) is 17.7 Å². The summed E-state index contributed by atoms with van der Waals surface area (Å²) in [6.45, 7) is 5.96. The van der Waals surface area contributed by atoms with Gasteiger partial charge in [-0.2, -0.15) is 5.10 Å². The van der Waals surface area contributed by atoms with E-state index in [4.69, 9.17) is 0 Å². The molecule has 0 saturated heterocycles. The summed E-state index contributed by atoms with van der Waals surface area (Å²) in [5.41, 5.74) is 3.72. The molecule has 2 unspecified atom stereocenters. The first-order chi connectivity index (χ1) is 11.7. The van der Waals surface area contributed by atoms with Crippen molar-refractivity contribution in [2.45, 2.75) is 45.2 Å². The Bertz CT molecular complexity index is 689. The molecule has 3 rings (SSSR count). The second-order valence-corrected chi connectivity index (χ2v) is 6.51. The molecular weight excluding hydrogens is 298 g/mol. The van der Waals surface area contributed by atoms with Gasteiger partial charge in [0, 0.05) is 37.8 Å². The molecule has 0 spiro atoms. The molecule has 1 aromatic carbocycles. The van der Waals surface area contributed by atoms with Gasteiger partial charge in [0.05, 0.1) is 5.69 Å². The molecule has 0 bridgehead atoms. The quantitative estimate of drug-likeness (QED) is 0.488. The number of benzene rings is 1. The van der Waals surface area contributed by atoms with Crippen molar-refractivity contribution in [2.75, 3.05) is 13.6 Å². The Morgan fingerprint density at radius 1 is 1.29 bits per heavy atom. The maximum Gasteiger partial charge on any atom is 0.191 e. The molecule has 0 radical (unpaired) electrons. The smallest absolute Gasteiger partial charge is 0.191 e. The average molecular weight is 325 g/mol. The fourth-order valence-electron chi connectivity index (χ4n) is 3.13. The monoisotopic (exact) mass is 325 g/mol. The van der Waals surface area contributed by atoms with Crippen LogP contribution in [-0.4, -0.2) is 35.4 Å². The van der Waals surface area contributed by atoms with Gasteiger partial charge in [-0.3, -0.25) is 9.67 Å². The summed E-state index contributed by atoms with van der Waals surface area (Å²) in [7, 11) is 1.83. The predicted molar refractivity (Wildman–Crippen MR) is 98.4 cm³/mol. The van der Waals surface area contributed by atoms with E-state index in [2.05, 4.69) is 68.7 Å². The summed E-state index contributed by atoms with van der Waals surface area (Å²) in [4.78, 5) is 4.33. The molecule has 1 aliphatic carbocycles. The van der Waals surface area contributed by atoms with Gasteiger partial charge in [0.2, 0.25) is 0 Å². The minimum absolute atomic E-state index is 0.495. The van der Waals surface area contributed by atoms with Gasteiger partial charge in [0.15, 0.2) is 5.96 Å². The number of guanidine groups is 1. The van der Waals surface area contributed by atoms with Gasteiger partial charge >= 0.3 is 0 Å². The number of aromatic nitrogens is 2. The molecule has 1 aliphatic rings. The van der Waals surface area contributed by atoms with Crippen molar-refractivity contribution in [1.29, 1.82) is 0 Å². The van der Waals surface area contributed by atoms with Crippen molar-refractivity contribution in [3.8, 4) is 0 Å². The molecule has 2 aromatic rings. The Kier molecular flexibility index (Phi) is 5.18. The molecule has 5 nitrogen and oxygen atoms in total. The highest BCUT2D eigenvalue weighted by Gasteiger charge is 2.38. The summed E-state index contributed by atoms with van der Waals surface area (Å²) in [6.07, 6.45) is 2.20. The van der Waals surface area contributed by atoms with E-state index in [9.17, 15) is 0 Å². The normalized spacial score (nSPS) is 20.0. The Morgan fingerprint density at radius 2 is 2.08 bits per heavy atom. The predicted octanol–water partition coefficient (Wildman–Crippen LogP) is 2.61. The molecule has 0 amide bonds. The summed E-state index contributed by atoms with van der Waals surface area (Å²) >= 11 is 0. The fourth-order valence-corrected chi connectivity index (χ4v) is 3.13. The van der Waals surface area contributed by atoms with Crippen LogP contribution < -0.4 is 10.6 Å². The zero-order valence-electron chi connectivity index (χ0n) is 14.8. The molecule has 2 atom stereocenters. The van der Waals surface area contributed by atoms with Gasteiger partial charge in [-0.15, -0.1) is 0 Å². The van der Waals surface area contributed by atoms with E-state index in [1.54, 1.807) is 0 Å². The van der Waals surface area contributed by atoms with Gasteiger partial charge in [-0.05, 0) is 38.3 Å². The highest BCUT2D eigenvalue weighted by molar-refractivity contribution is 5.80. The largest absolute Gasteiger partial charge is 0.356 e. The first-order valence-electron chi connectivity index (χ1n) is 8.70. The van der Waals surface area contributed by atoms with Gasteiger partial charge in [0.1, 0.15) is 0 Å². The minimum atomic E-state index is 0.495. The lowest BCUT2D eigenvalue weighted by molar-refractivity contribution is 0.555. The third-order valence-corrected chi connectivity index (χ3v) is 4.51. The Balaban J connectivity index is 1.39. The molecule has 2 N–H and O–H groups in total. The zero-order valence-corrected chi connectivity index (χ0v) is 14.8. The van der Waals surface area contributed by atoms with Crippen LogP contribution in [0.25, 0.3) is 0 Å². The standard InChI is InChI=1S/C19H27N5/c1-14-12-15(2)24(23-14)11-7-10-21-19(20-3)22-18-13-17(18)16-8-5-4-6-9-16/h4-6,8-9,12,17-18H,7,10-11,13H2,1-3H3,(H2,20,21,22). The number of aryl methyl sites for hydroxylation is 3. The van der Waals surface area contributed by atoms with E-state index in [0.717, 1.165) is 31.2 Å². The molecule has 5 heteroatoms. The van der Waals surface area contributed by atoms with E-state index in [-0.39, 0.29) is 0 Å². The molecule has 1 saturated carbocycles. The second kappa shape index (κ2) is 7.51. The molecule has 1 fully saturated rings.